The van der Waals surface area contributed by atoms with E-state index >= 15 is 0 Å². The number of carbonyl (C=O) groups excluding carboxylic acids is 1. The first-order chi connectivity index (χ1) is 14.3. The van der Waals surface area contributed by atoms with Crippen molar-refractivity contribution in [2.75, 3.05) is 6.61 Å². The second-order valence-corrected chi connectivity index (χ2v) is 8.06. The smallest absolute Gasteiger partial charge is 0.336 e. The van der Waals surface area contributed by atoms with Crippen LogP contribution in [0, 0.1) is 15.5 Å². The van der Waals surface area contributed by atoms with Gasteiger partial charge in [0.15, 0.2) is 6.10 Å². The van der Waals surface area contributed by atoms with Crippen LogP contribution >= 0.6 is 0 Å². The summed E-state index contributed by atoms with van der Waals surface area (Å²) in [6.07, 6.45) is -1.09. The molecule has 2 aromatic carbocycles. The number of non-ortho nitro benzene ring substituents is 1. The number of esters is 1. The molecule has 4 rings (SSSR count). The van der Waals surface area contributed by atoms with E-state index in [2.05, 4.69) is 0 Å². The molecule has 0 amide bonds. The highest BCUT2D eigenvalue weighted by Gasteiger charge is 2.47. The van der Waals surface area contributed by atoms with E-state index in [4.69, 9.17) is 19.2 Å². The molecular formula is C22H22N2O6. The van der Waals surface area contributed by atoms with Crippen molar-refractivity contribution >= 4 is 17.6 Å². The van der Waals surface area contributed by atoms with Gasteiger partial charge in [-0.3, -0.25) is 10.1 Å². The minimum atomic E-state index is -0.741. The van der Waals surface area contributed by atoms with Crippen molar-refractivity contribution in [1.82, 2.24) is 0 Å². The van der Waals surface area contributed by atoms with Crippen molar-refractivity contribution in [2.24, 2.45) is 10.4 Å². The van der Waals surface area contributed by atoms with Crippen LogP contribution in [0.4, 0.5) is 5.69 Å². The molecule has 0 spiro atoms. The molecule has 156 valence electrons. The van der Waals surface area contributed by atoms with E-state index in [9.17, 15) is 14.9 Å². The summed E-state index contributed by atoms with van der Waals surface area (Å²) in [6, 6.07) is 15.4. The van der Waals surface area contributed by atoms with Crippen molar-refractivity contribution in [3.63, 3.8) is 0 Å². The van der Waals surface area contributed by atoms with Crippen LogP contribution in [0.3, 0.4) is 0 Å². The lowest BCUT2D eigenvalue weighted by Crippen LogP contribution is -2.40. The quantitative estimate of drug-likeness (QED) is 0.422. The minimum absolute atomic E-state index is 0.0151. The average molecular weight is 410 g/mol. The van der Waals surface area contributed by atoms with Crippen molar-refractivity contribution < 1.29 is 23.9 Å². The number of nitro groups is 1. The lowest BCUT2D eigenvalue weighted by atomic mass is 9.89. The molecule has 0 saturated carbocycles. The molecule has 3 atom stereocenters. The number of ether oxygens (including phenoxy) is 3. The number of nitrogens with zero attached hydrogens (tertiary/aromatic N) is 2. The molecule has 8 heteroatoms. The van der Waals surface area contributed by atoms with Crippen LogP contribution in [-0.4, -0.2) is 35.8 Å². The number of nitro benzene ring substituents is 1. The van der Waals surface area contributed by atoms with Crippen LogP contribution in [0.25, 0.3) is 0 Å². The predicted octanol–water partition coefficient (Wildman–Crippen LogP) is 3.80. The summed E-state index contributed by atoms with van der Waals surface area (Å²) in [5.74, 6) is -0.00127. The van der Waals surface area contributed by atoms with Crippen LogP contribution in [0.2, 0.25) is 0 Å². The molecule has 1 fully saturated rings. The lowest BCUT2D eigenvalue weighted by molar-refractivity contribution is -0.384. The first-order valence-corrected chi connectivity index (χ1v) is 9.70. The van der Waals surface area contributed by atoms with E-state index in [0.29, 0.717) is 12.3 Å². The lowest BCUT2D eigenvalue weighted by Gasteiger charge is -2.32. The molecule has 2 aliphatic rings. The monoisotopic (exact) mass is 410 g/mol. The van der Waals surface area contributed by atoms with E-state index in [1.54, 1.807) is 12.1 Å². The third kappa shape index (κ3) is 4.04. The normalized spacial score (nSPS) is 25.2. The molecule has 2 heterocycles. The first kappa shape index (κ1) is 20.0. The number of benzene rings is 2. The number of aliphatic imine (C=N–C) groups is 1. The number of hydrogen-bond donors (Lipinski definition) is 0. The Kier molecular flexibility index (Phi) is 5.26. The maximum absolute atomic E-state index is 12.2. The minimum Gasteiger partial charge on any atom is -0.463 e. The summed E-state index contributed by atoms with van der Waals surface area (Å²) in [7, 11) is 0. The standard InChI is InChI=1S/C22H22N2O6/c1-22(2)13-28-21(25)19(22)29-18-12-17(14-8-10-16(11-9-14)24(26)27)23-20(30-18)15-6-4-3-5-7-15/h3-11,17-19H,12-13H2,1-2H3/t17-,18+,19-/m0/s1. The zero-order chi connectivity index (χ0) is 21.3. The van der Waals surface area contributed by atoms with Gasteiger partial charge in [0, 0.05) is 29.5 Å². The fourth-order valence-corrected chi connectivity index (χ4v) is 3.53. The molecule has 30 heavy (non-hydrogen) atoms. The fraction of sp³-hybridized carbons (Fsp3) is 0.364. The zero-order valence-electron chi connectivity index (χ0n) is 16.7. The van der Waals surface area contributed by atoms with E-state index in [0.717, 1.165) is 11.1 Å². The largest absolute Gasteiger partial charge is 0.463 e. The summed E-state index contributed by atoms with van der Waals surface area (Å²) < 4.78 is 17.2. The summed E-state index contributed by atoms with van der Waals surface area (Å²) in [5.41, 5.74) is 1.14. The van der Waals surface area contributed by atoms with Gasteiger partial charge in [-0.2, -0.15) is 0 Å². The van der Waals surface area contributed by atoms with Gasteiger partial charge in [-0.15, -0.1) is 0 Å². The highest BCUT2D eigenvalue weighted by molar-refractivity contribution is 5.94. The Labute approximate surface area is 173 Å². The third-order valence-corrected chi connectivity index (χ3v) is 5.24. The Morgan fingerprint density at radius 2 is 1.83 bits per heavy atom. The van der Waals surface area contributed by atoms with Gasteiger partial charge in [-0.05, 0) is 17.7 Å². The summed E-state index contributed by atoms with van der Waals surface area (Å²) in [6.45, 7) is 4.10. The first-order valence-electron chi connectivity index (χ1n) is 9.70. The van der Waals surface area contributed by atoms with Gasteiger partial charge in [-0.1, -0.05) is 44.2 Å². The van der Waals surface area contributed by atoms with Crippen molar-refractivity contribution in [3.8, 4) is 0 Å². The SMILES string of the molecule is CC1(C)COC(=O)[C@@H]1O[C@H]1C[C@@H](c2ccc([N+](=O)[O-])cc2)N=C(c2ccccc2)O1. The third-order valence-electron chi connectivity index (χ3n) is 5.24. The molecule has 0 aliphatic carbocycles. The second kappa shape index (κ2) is 7.87. The van der Waals surface area contributed by atoms with Gasteiger partial charge < -0.3 is 14.2 Å². The molecule has 0 N–H and O–H groups in total. The Bertz CT molecular complexity index is 971. The molecule has 0 aromatic heterocycles. The molecule has 0 unspecified atom stereocenters. The Balaban J connectivity index is 1.63. The van der Waals surface area contributed by atoms with Crippen LogP contribution < -0.4 is 0 Å². The van der Waals surface area contributed by atoms with Crippen molar-refractivity contribution in [2.45, 2.75) is 38.7 Å². The van der Waals surface area contributed by atoms with Gasteiger partial charge in [0.2, 0.25) is 12.2 Å². The van der Waals surface area contributed by atoms with E-state index in [-0.39, 0.29) is 18.3 Å². The summed E-state index contributed by atoms with van der Waals surface area (Å²) in [5, 5.41) is 11.0. The molecular weight excluding hydrogens is 388 g/mol. The summed E-state index contributed by atoms with van der Waals surface area (Å²) in [4.78, 5) is 27.4. The maximum atomic E-state index is 12.2. The topological polar surface area (TPSA) is 100 Å². The number of cyclic esters (lactones) is 1. The molecule has 2 aromatic rings. The molecule has 8 nitrogen and oxygen atoms in total. The fourth-order valence-electron chi connectivity index (χ4n) is 3.53. The average Bonchev–Trinajstić information content (AvgIpc) is 3.01. The molecule has 1 saturated heterocycles. The van der Waals surface area contributed by atoms with Gasteiger partial charge in [0.05, 0.1) is 17.6 Å². The van der Waals surface area contributed by atoms with E-state index in [1.165, 1.54) is 12.1 Å². The van der Waals surface area contributed by atoms with Crippen LogP contribution in [0.15, 0.2) is 59.6 Å². The zero-order valence-corrected chi connectivity index (χ0v) is 16.7. The number of hydrogen-bond acceptors (Lipinski definition) is 7. The number of rotatable bonds is 5. The molecule has 2 aliphatic heterocycles. The van der Waals surface area contributed by atoms with Crippen molar-refractivity contribution in [1.29, 1.82) is 0 Å². The second-order valence-electron chi connectivity index (χ2n) is 8.06. The molecule has 0 radical (unpaired) electrons. The van der Waals surface area contributed by atoms with Crippen molar-refractivity contribution in [3.05, 3.63) is 75.8 Å². The Hall–Kier alpha value is -3.26. The predicted molar refractivity (Wildman–Crippen MR) is 108 cm³/mol. The molecule has 0 bridgehead atoms. The number of carbonyl (C=O) groups is 1. The maximum Gasteiger partial charge on any atom is 0.336 e. The highest BCUT2D eigenvalue weighted by Crippen LogP contribution is 2.36. The van der Waals surface area contributed by atoms with Crippen LogP contribution in [-0.2, 0) is 19.0 Å². The van der Waals surface area contributed by atoms with Gasteiger partial charge in [-0.25, -0.2) is 9.79 Å². The highest BCUT2D eigenvalue weighted by atomic mass is 16.7. The van der Waals surface area contributed by atoms with Gasteiger partial charge >= 0.3 is 5.97 Å². The summed E-state index contributed by atoms with van der Waals surface area (Å²) >= 11 is 0. The Morgan fingerprint density at radius 1 is 1.13 bits per heavy atom. The van der Waals surface area contributed by atoms with E-state index in [1.807, 2.05) is 44.2 Å². The van der Waals surface area contributed by atoms with Crippen LogP contribution in [0.5, 0.6) is 0 Å². The van der Waals surface area contributed by atoms with Gasteiger partial charge in [0.1, 0.15) is 0 Å². The van der Waals surface area contributed by atoms with Gasteiger partial charge in [0.25, 0.3) is 5.69 Å². The van der Waals surface area contributed by atoms with Crippen LogP contribution in [0.1, 0.15) is 37.4 Å². The van der Waals surface area contributed by atoms with E-state index < -0.39 is 28.7 Å². The Morgan fingerprint density at radius 3 is 2.43 bits per heavy atom.